The molecule has 1 aromatic carbocycles. The van der Waals surface area contributed by atoms with Crippen molar-refractivity contribution in [3.8, 4) is 0 Å². The number of aromatic nitrogens is 1. The van der Waals surface area contributed by atoms with Crippen LogP contribution < -0.4 is 5.56 Å². The smallest absolute Gasteiger partial charge is 0.255 e. The highest BCUT2D eigenvalue weighted by Gasteiger charge is 2.29. The number of aliphatic hydroxyl groups is 1. The van der Waals surface area contributed by atoms with Crippen molar-refractivity contribution in [1.82, 2.24) is 14.4 Å². The summed E-state index contributed by atoms with van der Waals surface area (Å²) in [6.45, 7) is 7.35. The largest absolute Gasteiger partial charge is 0.396 e. The minimum absolute atomic E-state index is 0.0783. The standard InChI is InChI=1S/C22H31N3O3/c1-23-21-5-3-2-4-19(21)11-20(22(23)27)15-25-13-17(10-18(14-25)16-26)12-24-6-8-28-9-7-24/h2-5,11,17-18,26H,6-10,12-16H2,1H3/t17-,18-/m1/s1. The highest BCUT2D eigenvalue weighted by molar-refractivity contribution is 5.79. The van der Waals surface area contributed by atoms with Gasteiger partial charge in [-0.15, -0.1) is 0 Å². The first kappa shape index (κ1) is 19.6. The molecule has 1 N–H and O–H groups in total. The maximum atomic E-state index is 12.9. The number of aryl methyl sites for hydroxylation is 1. The Kier molecular flexibility index (Phi) is 6.11. The molecule has 6 nitrogen and oxygen atoms in total. The van der Waals surface area contributed by atoms with Crippen LogP contribution in [0.15, 0.2) is 35.1 Å². The van der Waals surface area contributed by atoms with E-state index < -0.39 is 0 Å². The minimum Gasteiger partial charge on any atom is -0.396 e. The summed E-state index contributed by atoms with van der Waals surface area (Å²) in [6.07, 6.45) is 1.06. The Morgan fingerprint density at radius 2 is 1.86 bits per heavy atom. The molecule has 0 unspecified atom stereocenters. The number of pyridine rings is 1. The second-order valence-corrected chi connectivity index (χ2v) is 8.35. The molecule has 4 rings (SSSR count). The van der Waals surface area contributed by atoms with Crippen LogP contribution in [0.25, 0.3) is 10.9 Å². The monoisotopic (exact) mass is 385 g/mol. The molecule has 152 valence electrons. The summed E-state index contributed by atoms with van der Waals surface area (Å²) >= 11 is 0. The van der Waals surface area contributed by atoms with Crippen LogP contribution in [-0.2, 0) is 18.3 Å². The summed E-state index contributed by atoms with van der Waals surface area (Å²) < 4.78 is 7.22. The van der Waals surface area contributed by atoms with Gasteiger partial charge in [-0.05, 0) is 35.8 Å². The van der Waals surface area contributed by atoms with Gasteiger partial charge >= 0.3 is 0 Å². The summed E-state index contributed by atoms with van der Waals surface area (Å²) in [7, 11) is 1.85. The molecule has 0 saturated carbocycles. The first-order chi connectivity index (χ1) is 13.6. The second kappa shape index (κ2) is 8.74. The molecule has 3 heterocycles. The number of benzene rings is 1. The Bertz CT molecular complexity index is 860. The van der Waals surface area contributed by atoms with Gasteiger partial charge in [0.2, 0.25) is 0 Å². The van der Waals surface area contributed by atoms with Crippen LogP contribution in [0.4, 0.5) is 0 Å². The fourth-order valence-corrected chi connectivity index (χ4v) is 4.81. The Morgan fingerprint density at radius 3 is 2.64 bits per heavy atom. The van der Waals surface area contributed by atoms with Crippen LogP contribution in [0.5, 0.6) is 0 Å². The zero-order valence-electron chi connectivity index (χ0n) is 16.7. The van der Waals surface area contributed by atoms with E-state index in [9.17, 15) is 9.90 Å². The molecule has 1 aromatic heterocycles. The Hall–Kier alpha value is -1.73. The molecular weight excluding hydrogens is 354 g/mol. The number of para-hydroxylation sites is 1. The van der Waals surface area contributed by atoms with Crippen LogP contribution >= 0.6 is 0 Å². The molecule has 2 saturated heterocycles. The maximum absolute atomic E-state index is 12.9. The molecule has 28 heavy (non-hydrogen) atoms. The van der Waals surface area contributed by atoms with Crippen molar-refractivity contribution in [2.24, 2.45) is 18.9 Å². The van der Waals surface area contributed by atoms with Crippen molar-refractivity contribution < 1.29 is 9.84 Å². The van der Waals surface area contributed by atoms with Crippen molar-refractivity contribution in [2.45, 2.75) is 13.0 Å². The molecule has 2 aliphatic heterocycles. The molecule has 6 heteroatoms. The molecule has 2 aliphatic rings. The van der Waals surface area contributed by atoms with Crippen molar-refractivity contribution in [2.75, 3.05) is 52.5 Å². The number of piperidine rings is 1. The lowest BCUT2D eigenvalue weighted by molar-refractivity contribution is 0.0117. The van der Waals surface area contributed by atoms with Gasteiger partial charge in [-0.2, -0.15) is 0 Å². The summed E-state index contributed by atoms with van der Waals surface area (Å²) in [6, 6.07) is 10.1. The zero-order chi connectivity index (χ0) is 19.5. The van der Waals surface area contributed by atoms with Crippen molar-refractivity contribution in [1.29, 1.82) is 0 Å². The van der Waals surface area contributed by atoms with Gasteiger partial charge in [0, 0.05) is 58.5 Å². The number of nitrogens with zero attached hydrogens (tertiary/aromatic N) is 3. The third kappa shape index (κ3) is 4.30. The van der Waals surface area contributed by atoms with Gasteiger partial charge in [-0.3, -0.25) is 14.6 Å². The SMILES string of the molecule is Cn1c(=O)c(CN2C[C@H](CO)C[C@H](CN3CCOCC3)C2)cc2ccccc21. The molecule has 2 fully saturated rings. The molecule has 0 amide bonds. The minimum atomic E-state index is 0.0783. The summed E-state index contributed by atoms with van der Waals surface area (Å²) in [5, 5.41) is 10.9. The van der Waals surface area contributed by atoms with Crippen molar-refractivity contribution in [3.63, 3.8) is 0 Å². The highest BCUT2D eigenvalue weighted by Crippen LogP contribution is 2.24. The predicted octanol–water partition coefficient (Wildman–Crippen LogP) is 1.30. The Balaban J connectivity index is 1.50. The number of morpholine rings is 1. The average Bonchev–Trinajstić information content (AvgIpc) is 2.72. The third-order valence-corrected chi connectivity index (χ3v) is 6.18. The van der Waals surface area contributed by atoms with E-state index in [1.54, 1.807) is 4.57 Å². The van der Waals surface area contributed by atoms with E-state index in [1.165, 1.54) is 0 Å². The number of rotatable bonds is 5. The van der Waals surface area contributed by atoms with E-state index >= 15 is 0 Å². The number of hydrogen-bond acceptors (Lipinski definition) is 5. The van der Waals surface area contributed by atoms with E-state index in [1.807, 2.05) is 31.3 Å². The average molecular weight is 386 g/mol. The quantitative estimate of drug-likeness (QED) is 0.841. The second-order valence-electron chi connectivity index (χ2n) is 8.35. The van der Waals surface area contributed by atoms with E-state index in [2.05, 4.69) is 15.9 Å². The van der Waals surface area contributed by atoms with Gasteiger partial charge in [0.25, 0.3) is 5.56 Å². The first-order valence-corrected chi connectivity index (χ1v) is 10.3. The summed E-state index contributed by atoms with van der Waals surface area (Å²) in [5.74, 6) is 0.803. The molecular formula is C22H31N3O3. The van der Waals surface area contributed by atoms with Crippen LogP contribution in [0.2, 0.25) is 0 Å². The molecule has 0 radical (unpaired) electrons. The fourth-order valence-electron chi connectivity index (χ4n) is 4.81. The van der Waals surface area contributed by atoms with Crippen LogP contribution in [-0.4, -0.2) is 72.0 Å². The number of ether oxygens (including phenoxy) is 1. The number of likely N-dealkylation sites (tertiary alicyclic amines) is 1. The first-order valence-electron chi connectivity index (χ1n) is 10.3. The fraction of sp³-hybridized carbons (Fsp3) is 0.591. The van der Waals surface area contributed by atoms with E-state index in [4.69, 9.17) is 4.74 Å². The lowest BCUT2D eigenvalue weighted by atomic mass is 9.89. The molecule has 2 aromatic rings. The van der Waals surface area contributed by atoms with Crippen LogP contribution in [0.3, 0.4) is 0 Å². The Labute approximate surface area is 166 Å². The molecule has 0 spiro atoms. The number of aliphatic hydroxyl groups excluding tert-OH is 1. The van der Waals surface area contributed by atoms with E-state index in [0.29, 0.717) is 12.5 Å². The van der Waals surface area contributed by atoms with Crippen molar-refractivity contribution in [3.05, 3.63) is 46.2 Å². The van der Waals surface area contributed by atoms with Crippen molar-refractivity contribution >= 4 is 10.9 Å². The summed E-state index contributed by atoms with van der Waals surface area (Å²) in [4.78, 5) is 17.7. The van der Waals surface area contributed by atoms with Gasteiger partial charge in [-0.1, -0.05) is 18.2 Å². The predicted molar refractivity (Wildman–Crippen MR) is 110 cm³/mol. The lowest BCUT2D eigenvalue weighted by Crippen LogP contribution is -2.47. The van der Waals surface area contributed by atoms with Gasteiger partial charge in [-0.25, -0.2) is 0 Å². The van der Waals surface area contributed by atoms with E-state index in [-0.39, 0.29) is 18.1 Å². The van der Waals surface area contributed by atoms with Gasteiger partial charge in [0.05, 0.1) is 18.7 Å². The van der Waals surface area contributed by atoms with Gasteiger partial charge in [0.1, 0.15) is 0 Å². The molecule has 0 bridgehead atoms. The third-order valence-electron chi connectivity index (χ3n) is 6.18. The topological polar surface area (TPSA) is 57.9 Å². The normalized spacial score (nSPS) is 24.6. The van der Waals surface area contributed by atoms with Gasteiger partial charge < -0.3 is 14.4 Å². The van der Waals surface area contributed by atoms with Crippen LogP contribution in [0.1, 0.15) is 12.0 Å². The number of fused-ring (bicyclic) bond motifs is 1. The number of hydrogen-bond donors (Lipinski definition) is 1. The maximum Gasteiger partial charge on any atom is 0.255 e. The molecule has 2 atom stereocenters. The summed E-state index contributed by atoms with van der Waals surface area (Å²) in [5.41, 5.74) is 1.88. The zero-order valence-corrected chi connectivity index (χ0v) is 16.7. The lowest BCUT2D eigenvalue weighted by Gasteiger charge is -2.40. The highest BCUT2D eigenvalue weighted by atomic mass is 16.5. The molecule has 0 aliphatic carbocycles. The van der Waals surface area contributed by atoms with Crippen LogP contribution in [0, 0.1) is 11.8 Å². The van der Waals surface area contributed by atoms with E-state index in [0.717, 1.165) is 68.8 Å². The van der Waals surface area contributed by atoms with Gasteiger partial charge in [0.15, 0.2) is 0 Å². The Morgan fingerprint density at radius 1 is 1.11 bits per heavy atom.